The van der Waals surface area contributed by atoms with Crippen LogP contribution in [0.5, 0.6) is 0 Å². The summed E-state index contributed by atoms with van der Waals surface area (Å²) in [5.41, 5.74) is 4.75. The Hall–Kier alpha value is -2.54. The highest BCUT2D eigenvalue weighted by molar-refractivity contribution is 6.06. The van der Waals surface area contributed by atoms with E-state index in [1.165, 1.54) is 32.8 Å². The summed E-state index contributed by atoms with van der Waals surface area (Å²) in [5.74, 6) is 0. The molecule has 1 aromatic heterocycles. The van der Waals surface area contributed by atoms with Crippen LogP contribution < -0.4 is 0 Å². The molecule has 3 aromatic carbocycles. The van der Waals surface area contributed by atoms with Crippen LogP contribution in [0.3, 0.4) is 0 Å². The Morgan fingerprint density at radius 1 is 0.750 bits per heavy atom. The van der Waals surface area contributed by atoms with Crippen LogP contribution in [-0.2, 0) is 0 Å². The van der Waals surface area contributed by atoms with Crippen molar-refractivity contribution in [1.82, 2.24) is 0 Å². The van der Waals surface area contributed by atoms with Crippen molar-refractivity contribution >= 4 is 21.7 Å². The van der Waals surface area contributed by atoms with Crippen LogP contribution in [0, 0.1) is 6.92 Å². The minimum atomic E-state index is 0.945. The van der Waals surface area contributed by atoms with Crippen molar-refractivity contribution in [2.75, 3.05) is 0 Å². The molecule has 1 heteroatoms. The van der Waals surface area contributed by atoms with Crippen molar-refractivity contribution in [3.63, 3.8) is 0 Å². The molecule has 20 heavy (non-hydrogen) atoms. The lowest BCUT2D eigenvalue weighted by molar-refractivity contribution is 0.616. The van der Waals surface area contributed by atoms with E-state index in [1.807, 2.05) is 12.1 Å². The van der Waals surface area contributed by atoms with E-state index in [1.54, 1.807) is 6.26 Å². The molecule has 0 atom stereocenters. The molecule has 0 bridgehead atoms. The van der Waals surface area contributed by atoms with E-state index < -0.39 is 0 Å². The average molecular weight is 258 g/mol. The molecule has 0 unspecified atom stereocenters. The minimum Gasteiger partial charge on any atom is -0.464 e. The monoisotopic (exact) mass is 258 g/mol. The zero-order chi connectivity index (χ0) is 13.5. The normalized spacial score (nSPS) is 11.2. The van der Waals surface area contributed by atoms with Gasteiger partial charge in [0.1, 0.15) is 5.58 Å². The highest BCUT2D eigenvalue weighted by atomic mass is 16.3. The van der Waals surface area contributed by atoms with Gasteiger partial charge in [-0.05, 0) is 47.0 Å². The third-order valence-electron chi connectivity index (χ3n) is 3.80. The zero-order valence-electron chi connectivity index (χ0n) is 11.3. The zero-order valence-corrected chi connectivity index (χ0v) is 11.3. The first-order chi connectivity index (χ1) is 9.81. The van der Waals surface area contributed by atoms with Gasteiger partial charge < -0.3 is 4.42 Å². The number of hydrogen-bond donors (Lipinski definition) is 0. The molecule has 0 saturated carbocycles. The van der Waals surface area contributed by atoms with E-state index in [-0.39, 0.29) is 0 Å². The van der Waals surface area contributed by atoms with Crippen molar-refractivity contribution in [3.8, 4) is 11.1 Å². The molecule has 96 valence electrons. The van der Waals surface area contributed by atoms with Crippen LogP contribution in [0.4, 0.5) is 0 Å². The van der Waals surface area contributed by atoms with Gasteiger partial charge in [-0.15, -0.1) is 0 Å². The second kappa shape index (κ2) is 4.24. The van der Waals surface area contributed by atoms with Crippen molar-refractivity contribution in [2.24, 2.45) is 0 Å². The summed E-state index contributed by atoms with van der Waals surface area (Å²) >= 11 is 0. The van der Waals surface area contributed by atoms with E-state index in [9.17, 15) is 0 Å². The maximum Gasteiger partial charge on any atom is 0.134 e. The van der Waals surface area contributed by atoms with Crippen LogP contribution >= 0.6 is 0 Å². The number of furan rings is 1. The first-order valence-corrected chi connectivity index (χ1v) is 6.78. The lowest BCUT2D eigenvalue weighted by Gasteiger charge is -2.06. The smallest absolute Gasteiger partial charge is 0.134 e. The topological polar surface area (TPSA) is 13.1 Å². The molecule has 1 heterocycles. The van der Waals surface area contributed by atoms with Gasteiger partial charge in [0.2, 0.25) is 0 Å². The molecule has 0 fully saturated rings. The predicted octanol–water partition coefficient (Wildman–Crippen LogP) is 5.56. The number of hydrogen-bond acceptors (Lipinski definition) is 1. The van der Waals surface area contributed by atoms with Gasteiger partial charge in [0, 0.05) is 5.39 Å². The Balaban J connectivity index is 1.97. The third kappa shape index (κ3) is 1.71. The maximum absolute atomic E-state index is 5.46. The fourth-order valence-electron chi connectivity index (χ4n) is 2.79. The lowest BCUT2D eigenvalue weighted by atomic mass is 9.99. The number of aryl methyl sites for hydroxylation is 1. The molecule has 0 aliphatic heterocycles. The summed E-state index contributed by atoms with van der Waals surface area (Å²) < 4.78 is 5.46. The van der Waals surface area contributed by atoms with Crippen molar-refractivity contribution in [2.45, 2.75) is 6.92 Å². The summed E-state index contributed by atoms with van der Waals surface area (Å²) in [6.07, 6.45) is 1.75. The Bertz CT molecular complexity index is 915. The molecular formula is C19H14O. The summed E-state index contributed by atoms with van der Waals surface area (Å²) in [6.45, 7) is 2.12. The molecule has 0 saturated heterocycles. The van der Waals surface area contributed by atoms with Gasteiger partial charge in [-0.1, -0.05) is 48.0 Å². The van der Waals surface area contributed by atoms with Gasteiger partial charge >= 0.3 is 0 Å². The van der Waals surface area contributed by atoms with E-state index in [2.05, 4.69) is 55.5 Å². The van der Waals surface area contributed by atoms with Gasteiger partial charge in [-0.2, -0.15) is 0 Å². The molecule has 0 N–H and O–H groups in total. The van der Waals surface area contributed by atoms with Crippen LogP contribution in [0.2, 0.25) is 0 Å². The Kier molecular flexibility index (Phi) is 2.40. The number of rotatable bonds is 1. The second-order valence-corrected chi connectivity index (χ2v) is 5.20. The fourth-order valence-corrected chi connectivity index (χ4v) is 2.79. The Labute approximate surface area is 117 Å². The predicted molar refractivity (Wildman–Crippen MR) is 83.9 cm³/mol. The van der Waals surface area contributed by atoms with Crippen LogP contribution in [0.15, 0.2) is 71.3 Å². The lowest BCUT2D eigenvalue weighted by Crippen LogP contribution is -1.81. The van der Waals surface area contributed by atoms with Gasteiger partial charge in [0.25, 0.3) is 0 Å². The molecule has 0 aliphatic rings. The molecule has 0 radical (unpaired) electrons. The van der Waals surface area contributed by atoms with E-state index in [0.29, 0.717) is 0 Å². The Morgan fingerprint density at radius 3 is 2.55 bits per heavy atom. The minimum absolute atomic E-state index is 0.945. The highest BCUT2D eigenvalue weighted by Crippen LogP contribution is 2.30. The standard InChI is InChI=1S/C19H14O/c1-13-3-2-4-14(11-13)15-5-7-17-16(12-15)6-8-19-18(17)9-10-20-19/h2-12H,1H3. The molecule has 1 nitrogen and oxygen atoms in total. The summed E-state index contributed by atoms with van der Waals surface area (Å²) in [6, 6.07) is 21.4. The largest absolute Gasteiger partial charge is 0.464 e. The van der Waals surface area contributed by atoms with Gasteiger partial charge in [-0.3, -0.25) is 0 Å². The van der Waals surface area contributed by atoms with Crippen LogP contribution in [-0.4, -0.2) is 0 Å². The number of benzene rings is 3. The van der Waals surface area contributed by atoms with Gasteiger partial charge in [0.15, 0.2) is 0 Å². The molecular weight excluding hydrogens is 244 g/mol. The molecule has 0 amide bonds. The second-order valence-electron chi connectivity index (χ2n) is 5.20. The maximum atomic E-state index is 5.46. The molecule has 0 spiro atoms. The van der Waals surface area contributed by atoms with Gasteiger partial charge in [0.05, 0.1) is 6.26 Å². The number of fused-ring (bicyclic) bond motifs is 3. The van der Waals surface area contributed by atoms with Crippen molar-refractivity contribution < 1.29 is 4.42 Å². The van der Waals surface area contributed by atoms with Crippen LogP contribution in [0.1, 0.15) is 5.56 Å². The van der Waals surface area contributed by atoms with Gasteiger partial charge in [-0.25, -0.2) is 0 Å². The van der Waals surface area contributed by atoms with E-state index >= 15 is 0 Å². The highest BCUT2D eigenvalue weighted by Gasteiger charge is 2.05. The molecule has 4 rings (SSSR count). The third-order valence-corrected chi connectivity index (χ3v) is 3.80. The molecule has 4 aromatic rings. The fraction of sp³-hybridized carbons (Fsp3) is 0.0526. The average Bonchev–Trinajstić information content (AvgIpc) is 2.95. The Morgan fingerprint density at radius 2 is 1.65 bits per heavy atom. The van der Waals surface area contributed by atoms with Crippen LogP contribution in [0.25, 0.3) is 32.9 Å². The SMILES string of the molecule is Cc1cccc(-c2ccc3c(ccc4occc43)c2)c1. The first-order valence-electron chi connectivity index (χ1n) is 6.78. The van der Waals surface area contributed by atoms with Crippen molar-refractivity contribution in [3.05, 3.63) is 72.5 Å². The van der Waals surface area contributed by atoms with E-state index in [0.717, 1.165) is 5.58 Å². The quantitative estimate of drug-likeness (QED) is 0.435. The first kappa shape index (κ1) is 11.3. The summed E-state index contributed by atoms with van der Waals surface area (Å²) in [7, 11) is 0. The summed E-state index contributed by atoms with van der Waals surface area (Å²) in [5, 5.41) is 3.67. The van der Waals surface area contributed by atoms with Crippen molar-refractivity contribution in [1.29, 1.82) is 0 Å². The molecule has 0 aliphatic carbocycles. The summed E-state index contributed by atoms with van der Waals surface area (Å²) in [4.78, 5) is 0. The van der Waals surface area contributed by atoms with E-state index in [4.69, 9.17) is 4.42 Å².